The molecule has 0 radical (unpaired) electrons. The van der Waals surface area contributed by atoms with E-state index in [0.29, 0.717) is 0 Å². The molecule has 0 saturated heterocycles. The van der Waals surface area contributed by atoms with Crippen molar-refractivity contribution in [2.24, 2.45) is 0 Å². The highest BCUT2D eigenvalue weighted by Crippen LogP contribution is 2.36. The van der Waals surface area contributed by atoms with Gasteiger partial charge in [0, 0.05) is 30.9 Å². The Morgan fingerprint density at radius 3 is 2.63 bits per heavy atom. The summed E-state index contributed by atoms with van der Waals surface area (Å²) in [6, 6.07) is 0.972. The van der Waals surface area contributed by atoms with Crippen LogP contribution < -0.4 is 4.90 Å². The average Bonchev–Trinajstić information content (AvgIpc) is 2.33. The summed E-state index contributed by atoms with van der Waals surface area (Å²) in [4.78, 5) is 5.15. The van der Waals surface area contributed by atoms with Crippen LogP contribution in [-0.4, -0.2) is 43.5 Å². The normalized spacial score (nSPS) is 11.7. The third kappa shape index (κ3) is 4.63. The molecule has 1 aromatic heterocycles. The summed E-state index contributed by atoms with van der Waals surface area (Å²) < 4.78 is 44.0. The van der Waals surface area contributed by atoms with Crippen LogP contribution in [0.1, 0.15) is 5.56 Å². The van der Waals surface area contributed by atoms with Crippen LogP contribution in [0.2, 0.25) is 0 Å². The maximum atomic E-state index is 13.0. The van der Waals surface area contributed by atoms with Crippen molar-refractivity contribution in [1.82, 2.24) is 4.98 Å². The number of rotatable bonds is 6. The molecule has 1 heterocycles. The molecule has 1 N–H and O–H groups in total. The minimum atomic E-state index is -4.51. The number of halogens is 4. The number of aliphatic hydroxyl groups is 1. The van der Waals surface area contributed by atoms with Crippen molar-refractivity contribution >= 4 is 21.7 Å². The summed E-state index contributed by atoms with van der Waals surface area (Å²) in [5.74, 6) is -0.207. The van der Waals surface area contributed by atoms with Crippen molar-refractivity contribution in [1.29, 1.82) is 0 Å². The van der Waals surface area contributed by atoms with E-state index in [1.54, 1.807) is 0 Å². The molecule has 4 nitrogen and oxygen atoms in total. The summed E-state index contributed by atoms with van der Waals surface area (Å²) in [7, 11) is 1.46. The number of aliphatic hydroxyl groups excluding tert-OH is 1. The highest BCUT2D eigenvalue weighted by Gasteiger charge is 2.36. The van der Waals surface area contributed by atoms with Crippen molar-refractivity contribution in [3.8, 4) is 0 Å². The molecule has 108 valence electrons. The molecule has 0 spiro atoms. The highest BCUT2D eigenvalue weighted by atomic mass is 79.9. The molecular weight excluding hydrogens is 329 g/mol. The Bertz CT molecular complexity index is 415. The zero-order valence-electron chi connectivity index (χ0n) is 10.2. The molecular formula is C11H14BrF3N2O2. The van der Waals surface area contributed by atoms with Crippen molar-refractivity contribution in [3.63, 3.8) is 0 Å². The van der Waals surface area contributed by atoms with Gasteiger partial charge in [0.15, 0.2) is 0 Å². The summed E-state index contributed by atoms with van der Waals surface area (Å²) >= 11 is 2.97. The highest BCUT2D eigenvalue weighted by molar-refractivity contribution is 9.10. The Balaban J connectivity index is 3.14. The van der Waals surface area contributed by atoms with E-state index >= 15 is 0 Å². The molecule has 8 heteroatoms. The van der Waals surface area contributed by atoms with Gasteiger partial charge in [-0.25, -0.2) is 4.98 Å². The molecule has 19 heavy (non-hydrogen) atoms. The predicted octanol–water partition coefficient (Wildman–Crippen LogP) is 2.31. The lowest BCUT2D eigenvalue weighted by atomic mass is 10.2. The van der Waals surface area contributed by atoms with Crippen molar-refractivity contribution in [2.45, 2.75) is 6.18 Å². The summed E-state index contributed by atoms with van der Waals surface area (Å²) in [5, 5.41) is 8.94. The SMILES string of the molecule is COCCN(CCO)c1ncc(Br)cc1C(F)(F)F. The smallest absolute Gasteiger partial charge is 0.395 e. The van der Waals surface area contributed by atoms with E-state index in [1.165, 1.54) is 18.2 Å². The molecule has 1 aromatic rings. The monoisotopic (exact) mass is 342 g/mol. The maximum absolute atomic E-state index is 13.0. The lowest BCUT2D eigenvalue weighted by Gasteiger charge is -2.25. The molecule has 0 aromatic carbocycles. The Morgan fingerprint density at radius 1 is 1.42 bits per heavy atom. The van der Waals surface area contributed by atoms with Crippen LogP contribution in [0.3, 0.4) is 0 Å². The standard InChI is InChI=1S/C11H14BrF3N2O2/c1-19-5-3-17(2-4-18)10-9(11(13,14)15)6-8(12)7-16-10/h6-7,18H,2-5H2,1H3. The lowest BCUT2D eigenvalue weighted by molar-refractivity contribution is -0.137. The van der Waals surface area contributed by atoms with E-state index in [-0.39, 0.29) is 36.6 Å². The fourth-order valence-corrected chi connectivity index (χ4v) is 1.87. The van der Waals surface area contributed by atoms with Crippen LogP contribution in [0.25, 0.3) is 0 Å². The second-order valence-corrected chi connectivity index (χ2v) is 4.64. The summed E-state index contributed by atoms with van der Waals surface area (Å²) in [6.45, 7) is 0.254. The van der Waals surface area contributed by atoms with Gasteiger partial charge in [0.05, 0.1) is 18.8 Å². The third-order valence-corrected chi connectivity index (χ3v) is 2.81. The molecule has 0 amide bonds. The van der Waals surface area contributed by atoms with Gasteiger partial charge in [0.25, 0.3) is 0 Å². The van der Waals surface area contributed by atoms with E-state index in [0.717, 1.165) is 6.07 Å². The number of hydrogen-bond donors (Lipinski definition) is 1. The van der Waals surface area contributed by atoms with Crippen LogP contribution in [0, 0.1) is 0 Å². The minimum absolute atomic E-state index is 0.0566. The minimum Gasteiger partial charge on any atom is -0.395 e. The molecule has 0 aliphatic rings. The lowest BCUT2D eigenvalue weighted by Crippen LogP contribution is -2.32. The topological polar surface area (TPSA) is 45.6 Å². The number of alkyl halides is 3. The molecule has 1 rings (SSSR count). The van der Waals surface area contributed by atoms with Crippen LogP contribution in [0.5, 0.6) is 0 Å². The largest absolute Gasteiger partial charge is 0.419 e. The first kappa shape index (κ1) is 16.2. The van der Waals surface area contributed by atoms with Gasteiger partial charge in [0.1, 0.15) is 5.82 Å². The second-order valence-electron chi connectivity index (χ2n) is 3.73. The first-order chi connectivity index (χ1) is 8.90. The molecule has 0 aliphatic carbocycles. The first-order valence-electron chi connectivity index (χ1n) is 5.47. The van der Waals surface area contributed by atoms with E-state index < -0.39 is 11.7 Å². The number of aromatic nitrogens is 1. The Morgan fingerprint density at radius 2 is 2.11 bits per heavy atom. The van der Waals surface area contributed by atoms with Crippen LogP contribution in [0.4, 0.5) is 19.0 Å². The zero-order chi connectivity index (χ0) is 14.5. The van der Waals surface area contributed by atoms with Gasteiger partial charge in [0.2, 0.25) is 0 Å². The van der Waals surface area contributed by atoms with Gasteiger partial charge in [-0.3, -0.25) is 0 Å². The third-order valence-electron chi connectivity index (χ3n) is 2.37. The van der Waals surface area contributed by atoms with E-state index in [1.807, 2.05) is 0 Å². The quantitative estimate of drug-likeness (QED) is 0.861. The fraction of sp³-hybridized carbons (Fsp3) is 0.545. The number of pyridine rings is 1. The Kier molecular flexibility index (Phi) is 6.02. The molecule has 0 bridgehead atoms. The molecule has 0 unspecified atom stereocenters. The summed E-state index contributed by atoms with van der Waals surface area (Å²) in [6.07, 6.45) is -3.21. The first-order valence-corrected chi connectivity index (χ1v) is 6.27. The van der Waals surface area contributed by atoms with Gasteiger partial charge >= 0.3 is 6.18 Å². The van der Waals surface area contributed by atoms with Crippen LogP contribution in [0.15, 0.2) is 16.7 Å². The van der Waals surface area contributed by atoms with E-state index in [2.05, 4.69) is 20.9 Å². The van der Waals surface area contributed by atoms with Gasteiger partial charge in [-0.2, -0.15) is 13.2 Å². The van der Waals surface area contributed by atoms with Crippen LogP contribution >= 0.6 is 15.9 Å². The fourth-order valence-electron chi connectivity index (χ4n) is 1.54. The van der Waals surface area contributed by atoms with Crippen LogP contribution in [-0.2, 0) is 10.9 Å². The van der Waals surface area contributed by atoms with Gasteiger partial charge in [-0.1, -0.05) is 0 Å². The van der Waals surface area contributed by atoms with Crippen molar-refractivity contribution in [3.05, 3.63) is 22.3 Å². The Hall–Kier alpha value is -0.860. The predicted molar refractivity (Wildman–Crippen MR) is 68.1 cm³/mol. The average molecular weight is 343 g/mol. The molecule has 0 fully saturated rings. The molecule has 0 atom stereocenters. The van der Waals surface area contributed by atoms with Gasteiger partial charge < -0.3 is 14.7 Å². The van der Waals surface area contributed by atoms with Crippen molar-refractivity contribution < 1.29 is 23.0 Å². The van der Waals surface area contributed by atoms with Gasteiger partial charge in [-0.15, -0.1) is 0 Å². The van der Waals surface area contributed by atoms with Crippen molar-refractivity contribution in [2.75, 3.05) is 38.3 Å². The maximum Gasteiger partial charge on any atom is 0.419 e. The number of anilines is 1. The van der Waals surface area contributed by atoms with E-state index in [9.17, 15) is 13.2 Å². The summed E-state index contributed by atoms with van der Waals surface area (Å²) in [5.41, 5.74) is -0.841. The number of nitrogens with zero attached hydrogens (tertiary/aromatic N) is 2. The molecule has 0 aliphatic heterocycles. The molecule has 0 saturated carbocycles. The Labute approximate surface area is 117 Å². The number of ether oxygens (including phenoxy) is 1. The second kappa shape index (κ2) is 7.06. The zero-order valence-corrected chi connectivity index (χ0v) is 11.8. The number of hydrogen-bond acceptors (Lipinski definition) is 4. The van der Waals surface area contributed by atoms with E-state index in [4.69, 9.17) is 9.84 Å². The number of methoxy groups -OCH3 is 1. The van der Waals surface area contributed by atoms with Gasteiger partial charge in [-0.05, 0) is 22.0 Å².